The Balaban J connectivity index is 2.05. The van der Waals surface area contributed by atoms with Gasteiger partial charge in [-0.1, -0.05) is 6.92 Å². The predicted molar refractivity (Wildman–Crippen MR) is 123 cm³/mol. The van der Waals surface area contributed by atoms with Crippen molar-refractivity contribution in [2.45, 2.75) is 58.3 Å². The number of hydrogen-bond acceptors (Lipinski definition) is 4. The molecule has 0 aromatic carbocycles. The Morgan fingerprint density at radius 2 is 1.71 bits per heavy atom. The molecule has 0 spiro atoms. The van der Waals surface area contributed by atoms with Gasteiger partial charge in [-0.15, -0.1) is 0 Å². The van der Waals surface area contributed by atoms with Gasteiger partial charge in [-0.05, 0) is 57.4 Å². The highest BCUT2D eigenvalue weighted by atomic mass is 32.2. The summed E-state index contributed by atoms with van der Waals surface area (Å²) in [4.78, 5) is 9.05. The number of halogens is 4. The van der Waals surface area contributed by atoms with Gasteiger partial charge >= 0.3 is 6.18 Å². The number of nitrogens with zero attached hydrogens (tertiary/aromatic N) is 5. The molecule has 0 aliphatic carbocycles. The highest BCUT2D eigenvalue weighted by Gasteiger charge is 2.53. The summed E-state index contributed by atoms with van der Waals surface area (Å²) < 4.78 is 70.8. The molecule has 0 radical (unpaired) electrons. The van der Waals surface area contributed by atoms with Crippen LogP contribution in [0.2, 0.25) is 0 Å². The minimum absolute atomic E-state index is 0.0919. The highest BCUT2D eigenvalue weighted by molar-refractivity contribution is 7.85. The van der Waals surface area contributed by atoms with Crippen molar-refractivity contribution in [3.8, 4) is 11.5 Å². The Bertz CT molecular complexity index is 1480. The van der Waals surface area contributed by atoms with Crippen LogP contribution in [0.4, 0.5) is 17.6 Å². The van der Waals surface area contributed by atoms with Crippen molar-refractivity contribution < 1.29 is 21.8 Å². The second kappa shape index (κ2) is 7.86. The quantitative estimate of drug-likeness (QED) is 0.356. The number of aromatic nitrogens is 5. The van der Waals surface area contributed by atoms with Crippen LogP contribution in [0.25, 0.3) is 28.2 Å². The molecule has 4 rings (SSSR count). The topological polar surface area (TPSA) is 65.1 Å². The van der Waals surface area contributed by atoms with E-state index >= 15 is 0 Å². The van der Waals surface area contributed by atoms with Crippen molar-refractivity contribution in [2.75, 3.05) is 5.75 Å². The summed E-state index contributed by atoms with van der Waals surface area (Å²) in [7, 11) is 0.242. The molecule has 11 heteroatoms. The van der Waals surface area contributed by atoms with Crippen LogP contribution in [-0.2, 0) is 23.5 Å². The van der Waals surface area contributed by atoms with Crippen molar-refractivity contribution >= 4 is 27.5 Å². The van der Waals surface area contributed by atoms with E-state index in [1.807, 2.05) is 27.7 Å². The molecule has 0 fully saturated rings. The monoisotopic (exact) mass is 495 g/mol. The number of alkyl halides is 4. The molecule has 0 saturated heterocycles. The second-order valence-corrected chi connectivity index (χ2v) is 10.3. The average molecular weight is 496 g/mol. The normalized spacial score (nSPS) is 15.3. The van der Waals surface area contributed by atoms with Crippen LogP contribution in [0.3, 0.4) is 0 Å². The maximum absolute atomic E-state index is 14.6. The molecule has 4 aromatic heterocycles. The molecule has 6 nitrogen and oxygen atoms in total. The first-order valence-corrected chi connectivity index (χ1v) is 12.0. The molecule has 4 heterocycles. The van der Waals surface area contributed by atoms with Gasteiger partial charge in [-0.2, -0.15) is 18.3 Å². The third-order valence-corrected chi connectivity index (χ3v) is 8.03. The van der Waals surface area contributed by atoms with E-state index in [0.717, 1.165) is 40.2 Å². The minimum atomic E-state index is -5.10. The first-order chi connectivity index (χ1) is 15.7. The van der Waals surface area contributed by atoms with Crippen molar-refractivity contribution in [3.63, 3.8) is 0 Å². The van der Waals surface area contributed by atoms with E-state index in [-0.39, 0.29) is 11.2 Å². The summed E-state index contributed by atoms with van der Waals surface area (Å²) in [6, 6.07) is 1.05. The van der Waals surface area contributed by atoms with E-state index in [0.29, 0.717) is 29.1 Å². The summed E-state index contributed by atoms with van der Waals surface area (Å²) in [6.45, 7) is 10.1. The molecule has 0 saturated carbocycles. The van der Waals surface area contributed by atoms with E-state index in [4.69, 9.17) is 5.10 Å². The van der Waals surface area contributed by atoms with Gasteiger partial charge in [0.1, 0.15) is 11.2 Å². The summed E-state index contributed by atoms with van der Waals surface area (Å²) in [6.07, 6.45) is -4.23. The molecule has 2 unspecified atom stereocenters. The van der Waals surface area contributed by atoms with Gasteiger partial charge in [0.15, 0.2) is 11.5 Å². The van der Waals surface area contributed by atoms with Gasteiger partial charge in [0.2, 0.25) is 5.67 Å². The summed E-state index contributed by atoms with van der Waals surface area (Å²) in [5, 5.41) is 4.74. The van der Waals surface area contributed by atoms with Gasteiger partial charge in [0, 0.05) is 30.3 Å². The lowest BCUT2D eigenvalue weighted by molar-refractivity contribution is -0.228. The maximum atomic E-state index is 14.6. The van der Waals surface area contributed by atoms with Crippen molar-refractivity contribution in [1.29, 1.82) is 0 Å². The molecular formula is C23H25F4N5OS. The zero-order chi connectivity index (χ0) is 25.3. The molecule has 0 N–H and O–H groups in total. The number of aryl methyl sites for hydroxylation is 3. The lowest BCUT2D eigenvalue weighted by Gasteiger charge is -2.23. The van der Waals surface area contributed by atoms with Gasteiger partial charge < -0.3 is 4.57 Å². The number of pyridine rings is 2. The molecule has 0 amide bonds. The maximum Gasteiger partial charge on any atom is 0.426 e. The van der Waals surface area contributed by atoms with Crippen LogP contribution in [0.1, 0.15) is 41.8 Å². The van der Waals surface area contributed by atoms with E-state index in [2.05, 4.69) is 9.97 Å². The number of hydrogen-bond donors (Lipinski definition) is 0. The molecule has 34 heavy (non-hydrogen) atoms. The van der Waals surface area contributed by atoms with Gasteiger partial charge in [-0.3, -0.25) is 4.21 Å². The second-order valence-electron chi connectivity index (χ2n) is 8.59. The number of imidazole rings is 1. The van der Waals surface area contributed by atoms with Crippen LogP contribution in [0.5, 0.6) is 0 Å². The smallest absolute Gasteiger partial charge is 0.310 e. The van der Waals surface area contributed by atoms with Crippen LogP contribution in [0.15, 0.2) is 17.2 Å². The SMILES string of the molecule is CCS(=O)c1c(-c2nc3cc(C(C)(F)C(F)(F)F)cnc3n2C)nn2c(C)c(C)c(C)c(C)c12. The lowest BCUT2D eigenvalue weighted by Crippen LogP contribution is -2.35. The number of fused-ring (bicyclic) bond motifs is 2. The first kappa shape index (κ1) is 24.3. The third kappa shape index (κ3) is 3.35. The van der Waals surface area contributed by atoms with Gasteiger partial charge in [0.25, 0.3) is 0 Å². The van der Waals surface area contributed by atoms with E-state index in [1.54, 1.807) is 23.1 Å². The zero-order valence-electron chi connectivity index (χ0n) is 19.9. The van der Waals surface area contributed by atoms with Gasteiger partial charge in [-0.25, -0.2) is 18.9 Å². The first-order valence-electron chi connectivity index (χ1n) is 10.7. The Labute approximate surface area is 196 Å². The molecule has 0 aliphatic heterocycles. The molecule has 0 aliphatic rings. The molecule has 0 bridgehead atoms. The fourth-order valence-electron chi connectivity index (χ4n) is 4.08. The van der Waals surface area contributed by atoms with E-state index in [1.165, 1.54) is 0 Å². The largest absolute Gasteiger partial charge is 0.426 e. The van der Waals surface area contributed by atoms with E-state index in [9.17, 15) is 21.8 Å². The summed E-state index contributed by atoms with van der Waals surface area (Å²) in [5.74, 6) is 0.638. The molecule has 182 valence electrons. The molecule has 2 atom stereocenters. The van der Waals surface area contributed by atoms with Crippen LogP contribution >= 0.6 is 0 Å². The van der Waals surface area contributed by atoms with Crippen molar-refractivity contribution in [1.82, 2.24) is 24.1 Å². The average Bonchev–Trinajstić information content (AvgIpc) is 3.33. The molecular weight excluding hydrogens is 470 g/mol. The highest BCUT2D eigenvalue weighted by Crippen LogP contribution is 2.43. The fourth-order valence-corrected chi connectivity index (χ4v) is 5.17. The third-order valence-electron chi connectivity index (χ3n) is 6.67. The van der Waals surface area contributed by atoms with Crippen molar-refractivity contribution in [2.24, 2.45) is 7.05 Å². The Morgan fingerprint density at radius 3 is 2.29 bits per heavy atom. The Kier molecular flexibility index (Phi) is 5.62. The zero-order valence-corrected chi connectivity index (χ0v) is 20.7. The van der Waals surface area contributed by atoms with Crippen LogP contribution < -0.4 is 0 Å². The fraction of sp³-hybridized carbons (Fsp3) is 0.435. The van der Waals surface area contributed by atoms with Gasteiger partial charge in [0.05, 0.1) is 21.2 Å². The van der Waals surface area contributed by atoms with E-state index < -0.39 is 28.2 Å². The number of rotatable bonds is 4. The predicted octanol–water partition coefficient (Wildman–Crippen LogP) is 5.39. The molecule has 4 aromatic rings. The standard InChI is InChI=1S/C23H25F4N5OS/c1-8-34(33)19-17(30-32-14(5)12(3)11(2)13(4)18(19)32)21-29-16-9-15(10-28-20(16)31(21)7)22(6,24)23(25,26)27/h9-10H,8H2,1-7H3. The summed E-state index contributed by atoms with van der Waals surface area (Å²) >= 11 is 0. The lowest BCUT2D eigenvalue weighted by atomic mass is 9.99. The van der Waals surface area contributed by atoms with Crippen LogP contribution in [-0.4, -0.2) is 40.3 Å². The van der Waals surface area contributed by atoms with Crippen molar-refractivity contribution in [3.05, 3.63) is 40.2 Å². The Morgan fingerprint density at radius 1 is 1.06 bits per heavy atom. The Hall–Kier alpha value is -2.82. The summed E-state index contributed by atoms with van der Waals surface area (Å²) in [5.41, 5.74) is 1.18. The van der Waals surface area contributed by atoms with Crippen LogP contribution in [0, 0.1) is 27.7 Å². The minimum Gasteiger partial charge on any atom is -0.310 e.